The van der Waals surface area contributed by atoms with Crippen LogP contribution >= 0.6 is 0 Å². The Morgan fingerprint density at radius 3 is 2.89 bits per heavy atom. The van der Waals surface area contributed by atoms with Crippen molar-refractivity contribution < 1.29 is 4.79 Å². The van der Waals surface area contributed by atoms with Gasteiger partial charge >= 0.3 is 6.03 Å². The van der Waals surface area contributed by atoms with Crippen molar-refractivity contribution in [2.75, 3.05) is 18.4 Å². The SMILES string of the molecule is CCCn1c([C@H]2CCN(C(=O)Nc3ccc(C)c(C)c3)C2)nc2cccnc21. The van der Waals surface area contributed by atoms with Crippen LogP contribution in [0.2, 0.25) is 0 Å². The number of aromatic nitrogens is 3. The highest BCUT2D eigenvalue weighted by Gasteiger charge is 2.31. The molecule has 3 aromatic rings. The Bertz CT molecular complexity index is 1010. The summed E-state index contributed by atoms with van der Waals surface area (Å²) in [7, 11) is 0. The summed E-state index contributed by atoms with van der Waals surface area (Å²) in [4.78, 5) is 24.0. The number of carbonyl (C=O) groups excluding carboxylic acids is 1. The van der Waals surface area contributed by atoms with Gasteiger partial charge < -0.3 is 14.8 Å². The molecular formula is C22H27N5O. The number of pyridine rings is 1. The molecule has 2 aromatic heterocycles. The number of aryl methyl sites for hydroxylation is 3. The van der Waals surface area contributed by atoms with Crippen molar-refractivity contribution in [1.82, 2.24) is 19.4 Å². The number of likely N-dealkylation sites (tertiary alicyclic amines) is 1. The number of nitrogens with zero attached hydrogens (tertiary/aromatic N) is 4. The fourth-order valence-corrected chi connectivity index (χ4v) is 3.91. The first-order valence-electron chi connectivity index (χ1n) is 10.0. The molecule has 1 atom stereocenters. The van der Waals surface area contributed by atoms with Gasteiger partial charge in [0.2, 0.25) is 0 Å². The fourth-order valence-electron chi connectivity index (χ4n) is 3.91. The predicted octanol–water partition coefficient (Wildman–Crippen LogP) is 4.48. The van der Waals surface area contributed by atoms with E-state index in [4.69, 9.17) is 4.98 Å². The summed E-state index contributed by atoms with van der Waals surface area (Å²) in [5.41, 5.74) is 5.13. The first-order valence-corrected chi connectivity index (χ1v) is 10.0. The van der Waals surface area contributed by atoms with E-state index in [2.05, 4.69) is 35.6 Å². The van der Waals surface area contributed by atoms with Crippen LogP contribution in [0.25, 0.3) is 11.2 Å². The molecule has 6 heteroatoms. The number of nitrogens with one attached hydrogen (secondary N) is 1. The lowest BCUT2D eigenvalue weighted by Crippen LogP contribution is -2.33. The molecule has 3 heterocycles. The zero-order valence-corrected chi connectivity index (χ0v) is 16.8. The van der Waals surface area contributed by atoms with Gasteiger partial charge in [0.05, 0.1) is 0 Å². The summed E-state index contributed by atoms with van der Waals surface area (Å²) >= 11 is 0. The molecule has 1 aliphatic heterocycles. The van der Waals surface area contributed by atoms with Gasteiger partial charge in [0, 0.05) is 37.4 Å². The van der Waals surface area contributed by atoms with Gasteiger partial charge in [-0.05, 0) is 62.1 Å². The second-order valence-corrected chi connectivity index (χ2v) is 7.63. The van der Waals surface area contributed by atoms with Crippen LogP contribution < -0.4 is 5.32 Å². The first kappa shape index (κ1) is 18.5. The minimum atomic E-state index is -0.0398. The van der Waals surface area contributed by atoms with Gasteiger partial charge in [-0.2, -0.15) is 0 Å². The average Bonchev–Trinajstić information content (AvgIpc) is 3.30. The molecule has 2 amide bonds. The molecule has 4 rings (SSSR count). The molecule has 1 aliphatic rings. The van der Waals surface area contributed by atoms with Crippen molar-refractivity contribution in [3.63, 3.8) is 0 Å². The Morgan fingerprint density at radius 1 is 1.25 bits per heavy atom. The van der Waals surface area contributed by atoms with Crippen molar-refractivity contribution in [1.29, 1.82) is 0 Å². The third kappa shape index (κ3) is 3.46. The van der Waals surface area contributed by atoms with Crippen LogP contribution in [-0.2, 0) is 6.54 Å². The second kappa shape index (κ2) is 7.62. The van der Waals surface area contributed by atoms with Gasteiger partial charge in [0.25, 0.3) is 0 Å². The van der Waals surface area contributed by atoms with E-state index in [9.17, 15) is 4.79 Å². The van der Waals surface area contributed by atoms with Crippen LogP contribution in [0.5, 0.6) is 0 Å². The number of rotatable bonds is 4. The zero-order chi connectivity index (χ0) is 19.7. The highest BCUT2D eigenvalue weighted by molar-refractivity contribution is 5.89. The molecule has 146 valence electrons. The van der Waals surface area contributed by atoms with Crippen LogP contribution in [0.4, 0.5) is 10.5 Å². The van der Waals surface area contributed by atoms with E-state index in [0.29, 0.717) is 6.54 Å². The predicted molar refractivity (Wildman–Crippen MR) is 112 cm³/mol. The topological polar surface area (TPSA) is 63.1 Å². The Morgan fingerprint density at radius 2 is 2.11 bits per heavy atom. The highest BCUT2D eigenvalue weighted by atomic mass is 16.2. The molecule has 1 aromatic carbocycles. The number of carbonyl (C=O) groups is 1. The molecule has 28 heavy (non-hydrogen) atoms. The van der Waals surface area contributed by atoms with Gasteiger partial charge in [-0.3, -0.25) is 0 Å². The van der Waals surface area contributed by atoms with Crippen LogP contribution in [0, 0.1) is 13.8 Å². The number of hydrogen-bond acceptors (Lipinski definition) is 3. The van der Waals surface area contributed by atoms with Crippen molar-refractivity contribution in [2.24, 2.45) is 0 Å². The van der Waals surface area contributed by atoms with Crippen LogP contribution in [-0.4, -0.2) is 38.6 Å². The van der Waals surface area contributed by atoms with E-state index in [1.54, 1.807) is 0 Å². The third-order valence-electron chi connectivity index (χ3n) is 5.58. The van der Waals surface area contributed by atoms with E-state index in [0.717, 1.165) is 48.6 Å². The summed E-state index contributed by atoms with van der Waals surface area (Å²) in [6.07, 6.45) is 3.77. The molecule has 1 fully saturated rings. The summed E-state index contributed by atoms with van der Waals surface area (Å²) in [5, 5.41) is 3.04. The summed E-state index contributed by atoms with van der Waals surface area (Å²) in [6.45, 7) is 8.62. The molecule has 0 unspecified atom stereocenters. The monoisotopic (exact) mass is 377 g/mol. The molecule has 1 saturated heterocycles. The van der Waals surface area contributed by atoms with Crippen LogP contribution in [0.3, 0.4) is 0 Å². The number of amides is 2. The Balaban J connectivity index is 1.51. The van der Waals surface area contributed by atoms with Crippen molar-refractivity contribution >= 4 is 22.9 Å². The lowest BCUT2D eigenvalue weighted by molar-refractivity contribution is 0.222. The molecule has 0 aliphatic carbocycles. The quantitative estimate of drug-likeness (QED) is 0.729. The second-order valence-electron chi connectivity index (χ2n) is 7.63. The number of fused-ring (bicyclic) bond motifs is 1. The molecule has 6 nitrogen and oxygen atoms in total. The van der Waals surface area contributed by atoms with E-state index in [-0.39, 0.29) is 11.9 Å². The van der Waals surface area contributed by atoms with Gasteiger partial charge in [0.1, 0.15) is 11.3 Å². The third-order valence-corrected chi connectivity index (χ3v) is 5.58. The molecule has 0 radical (unpaired) electrons. The molecule has 0 bridgehead atoms. The lowest BCUT2D eigenvalue weighted by atomic mass is 10.1. The standard InChI is InChI=1S/C22H27N5O/c1-4-11-27-20(25-19-6-5-10-23-21(19)27)17-9-12-26(14-17)22(28)24-18-8-7-15(2)16(3)13-18/h5-8,10,13,17H,4,9,11-12,14H2,1-3H3,(H,24,28)/t17-/m0/s1. The van der Waals surface area contributed by atoms with Crippen LogP contribution in [0.1, 0.15) is 42.6 Å². The molecule has 0 saturated carbocycles. The van der Waals surface area contributed by atoms with Gasteiger partial charge in [-0.15, -0.1) is 0 Å². The maximum atomic E-state index is 12.7. The largest absolute Gasteiger partial charge is 0.324 e. The fraction of sp³-hybridized carbons (Fsp3) is 0.409. The number of hydrogen-bond donors (Lipinski definition) is 1. The average molecular weight is 377 g/mol. The van der Waals surface area contributed by atoms with Crippen molar-refractivity contribution in [3.05, 3.63) is 53.5 Å². The Kier molecular flexibility index (Phi) is 5.03. The van der Waals surface area contributed by atoms with Gasteiger partial charge in [-0.25, -0.2) is 14.8 Å². The summed E-state index contributed by atoms with van der Waals surface area (Å²) in [5.74, 6) is 1.29. The number of imidazole rings is 1. The zero-order valence-electron chi connectivity index (χ0n) is 16.8. The normalized spacial score (nSPS) is 16.7. The minimum Gasteiger partial charge on any atom is -0.324 e. The van der Waals surface area contributed by atoms with E-state index < -0.39 is 0 Å². The minimum absolute atomic E-state index is 0.0398. The molecular weight excluding hydrogens is 350 g/mol. The van der Waals surface area contributed by atoms with E-state index in [1.165, 1.54) is 11.1 Å². The van der Waals surface area contributed by atoms with Gasteiger partial charge in [-0.1, -0.05) is 13.0 Å². The molecule has 1 N–H and O–H groups in total. The van der Waals surface area contributed by atoms with Crippen LogP contribution in [0.15, 0.2) is 36.5 Å². The highest BCUT2D eigenvalue weighted by Crippen LogP contribution is 2.29. The Hall–Kier alpha value is -2.89. The number of urea groups is 1. The van der Waals surface area contributed by atoms with E-state index in [1.807, 2.05) is 41.4 Å². The lowest BCUT2D eigenvalue weighted by Gasteiger charge is -2.18. The van der Waals surface area contributed by atoms with E-state index >= 15 is 0 Å². The maximum Gasteiger partial charge on any atom is 0.321 e. The summed E-state index contributed by atoms with van der Waals surface area (Å²) < 4.78 is 2.23. The number of benzene rings is 1. The van der Waals surface area contributed by atoms with Gasteiger partial charge in [0.15, 0.2) is 5.65 Å². The molecule has 0 spiro atoms. The Labute approximate surface area is 165 Å². The smallest absolute Gasteiger partial charge is 0.321 e. The maximum absolute atomic E-state index is 12.7. The van der Waals surface area contributed by atoms with Crippen molar-refractivity contribution in [3.8, 4) is 0 Å². The summed E-state index contributed by atoms with van der Waals surface area (Å²) in [6, 6.07) is 9.91. The first-order chi connectivity index (χ1) is 13.6. The number of anilines is 1. The van der Waals surface area contributed by atoms with Crippen molar-refractivity contribution in [2.45, 2.75) is 46.1 Å².